The van der Waals surface area contributed by atoms with Gasteiger partial charge in [0.2, 0.25) is 23.6 Å². The molecule has 0 saturated heterocycles. The zero-order valence-electron chi connectivity index (χ0n) is 15.1. The van der Waals surface area contributed by atoms with Gasteiger partial charge in [-0.25, -0.2) is 0 Å². The van der Waals surface area contributed by atoms with Gasteiger partial charge in [-0.1, -0.05) is 37.3 Å². The lowest BCUT2D eigenvalue weighted by Crippen LogP contribution is -2.50. The second kappa shape index (κ2) is 11.6. The van der Waals surface area contributed by atoms with E-state index in [-0.39, 0.29) is 37.2 Å². The van der Waals surface area contributed by atoms with E-state index in [1.54, 1.807) is 6.92 Å². The highest BCUT2D eigenvalue weighted by Gasteiger charge is 2.21. The molecule has 1 rings (SSSR count). The Kier molecular flexibility index (Phi) is 9.45. The summed E-state index contributed by atoms with van der Waals surface area (Å²) in [6.07, 6.45) is 0.716. The molecule has 8 nitrogen and oxygen atoms in total. The SMILES string of the molecule is CCC(=O)NCCC(=O)NC(Cc1ccccc1)C(=O)NCC(=O)NC. The summed E-state index contributed by atoms with van der Waals surface area (Å²) in [6.45, 7) is 1.77. The minimum atomic E-state index is -0.809. The van der Waals surface area contributed by atoms with Crippen molar-refractivity contribution in [2.45, 2.75) is 32.2 Å². The van der Waals surface area contributed by atoms with Crippen LogP contribution in [0, 0.1) is 0 Å². The van der Waals surface area contributed by atoms with Gasteiger partial charge in [-0.2, -0.15) is 0 Å². The number of amides is 4. The Labute approximate surface area is 153 Å². The lowest BCUT2D eigenvalue weighted by molar-refractivity contribution is -0.130. The summed E-state index contributed by atoms with van der Waals surface area (Å²) in [5.74, 6) is -1.26. The number of likely N-dealkylation sites (N-methyl/N-ethyl adjacent to an activating group) is 1. The van der Waals surface area contributed by atoms with Gasteiger partial charge < -0.3 is 21.3 Å². The smallest absolute Gasteiger partial charge is 0.243 e. The number of rotatable bonds is 10. The number of nitrogens with one attached hydrogen (secondary N) is 4. The van der Waals surface area contributed by atoms with Gasteiger partial charge in [0.25, 0.3) is 0 Å². The van der Waals surface area contributed by atoms with Gasteiger partial charge >= 0.3 is 0 Å². The lowest BCUT2D eigenvalue weighted by Gasteiger charge is -2.18. The largest absolute Gasteiger partial charge is 0.358 e. The third-order valence-corrected chi connectivity index (χ3v) is 3.63. The van der Waals surface area contributed by atoms with E-state index in [1.165, 1.54) is 7.05 Å². The third kappa shape index (κ3) is 8.27. The van der Waals surface area contributed by atoms with Crippen LogP contribution in [0.3, 0.4) is 0 Å². The fourth-order valence-electron chi connectivity index (χ4n) is 2.15. The van der Waals surface area contributed by atoms with E-state index in [9.17, 15) is 19.2 Å². The van der Waals surface area contributed by atoms with Crippen LogP contribution in [0.2, 0.25) is 0 Å². The van der Waals surface area contributed by atoms with Gasteiger partial charge in [-0.15, -0.1) is 0 Å². The highest BCUT2D eigenvalue weighted by Crippen LogP contribution is 2.04. The summed E-state index contributed by atoms with van der Waals surface area (Å²) in [5.41, 5.74) is 0.882. The van der Waals surface area contributed by atoms with Gasteiger partial charge in [0.15, 0.2) is 0 Å². The molecule has 0 heterocycles. The quantitative estimate of drug-likeness (QED) is 0.449. The maximum absolute atomic E-state index is 12.4. The van der Waals surface area contributed by atoms with Crippen molar-refractivity contribution < 1.29 is 19.2 Å². The molecule has 0 aliphatic rings. The van der Waals surface area contributed by atoms with Crippen molar-refractivity contribution in [2.24, 2.45) is 0 Å². The molecule has 0 aliphatic heterocycles. The van der Waals surface area contributed by atoms with E-state index in [4.69, 9.17) is 0 Å². The Hall–Kier alpha value is -2.90. The Morgan fingerprint density at radius 2 is 1.65 bits per heavy atom. The van der Waals surface area contributed by atoms with Crippen molar-refractivity contribution in [3.8, 4) is 0 Å². The van der Waals surface area contributed by atoms with Crippen molar-refractivity contribution in [3.05, 3.63) is 35.9 Å². The minimum Gasteiger partial charge on any atom is -0.358 e. The fraction of sp³-hybridized carbons (Fsp3) is 0.444. The molecule has 1 unspecified atom stereocenters. The molecule has 0 radical (unpaired) electrons. The van der Waals surface area contributed by atoms with E-state index < -0.39 is 11.9 Å². The van der Waals surface area contributed by atoms with Crippen LogP contribution in [0.4, 0.5) is 0 Å². The molecular weight excluding hydrogens is 336 g/mol. The molecule has 1 aromatic carbocycles. The first-order chi connectivity index (χ1) is 12.5. The zero-order chi connectivity index (χ0) is 19.4. The predicted octanol–water partition coefficient (Wildman–Crippen LogP) is -0.508. The van der Waals surface area contributed by atoms with Gasteiger partial charge in [0.05, 0.1) is 6.54 Å². The standard InChI is InChI=1S/C18H26N4O4/c1-3-15(23)20-10-9-16(24)22-14(11-13-7-5-4-6-8-13)18(26)21-12-17(25)19-2/h4-8,14H,3,9-12H2,1-2H3,(H,19,25)(H,20,23)(H,21,26)(H,22,24). The van der Waals surface area contributed by atoms with Crippen LogP contribution in [-0.4, -0.2) is 49.8 Å². The van der Waals surface area contributed by atoms with Crippen molar-refractivity contribution in [2.75, 3.05) is 20.1 Å². The molecule has 1 aromatic rings. The number of benzene rings is 1. The molecule has 4 N–H and O–H groups in total. The van der Waals surface area contributed by atoms with E-state index in [1.807, 2.05) is 30.3 Å². The first-order valence-corrected chi connectivity index (χ1v) is 8.54. The van der Waals surface area contributed by atoms with E-state index in [2.05, 4.69) is 21.3 Å². The van der Waals surface area contributed by atoms with Crippen LogP contribution in [0.5, 0.6) is 0 Å². The van der Waals surface area contributed by atoms with Crippen LogP contribution in [0.15, 0.2) is 30.3 Å². The number of carbonyl (C=O) groups is 4. The minimum absolute atomic E-state index is 0.0692. The van der Waals surface area contributed by atoms with Crippen LogP contribution in [0.25, 0.3) is 0 Å². The molecule has 4 amide bonds. The molecule has 8 heteroatoms. The Morgan fingerprint density at radius 1 is 0.962 bits per heavy atom. The second-order valence-corrected chi connectivity index (χ2v) is 5.65. The molecule has 0 fully saturated rings. The van der Waals surface area contributed by atoms with Gasteiger partial charge in [0.1, 0.15) is 6.04 Å². The average molecular weight is 362 g/mol. The third-order valence-electron chi connectivity index (χ3n) is 3.63. The topological polar surface area (TPSA) is 116 Å². The number of hydrogen-bond donors (Lipinski definition) is 4. The molecule has 0 aliphatic carbocycles. The molecular formula is C18H26N4O4. The van der Waals surface area contributed by atoms with E-state index in [0.717, 1.165) is 5.56 Å². The monoisotopic (exact) mass is 362 g/mol. The molecule has 1 atom stereocenters. The molecule has 26 heavy (non-hydrogen) atoms. The van der Waals surface area contributed by atoms with Crippen molar-refractivity contribution >= 4 is 23.6 Å². The van der Waals surface area contributed by atoms with Crippen LogP contribution in [0.1, 0.15) is 25.3 Å². The predicted molar refractivity (Wildman–Crippen MR) is 97.1 cm³/mol. The van der Waals surface area contributed by atoms with E-state index >= 15 is 0 Å². The Bertz CT molecular complexity index is 619. The molecule has 0 aromatic heterocycles. The second-order valence-electron chi connectivity index (χ2n) is 5.65. The summed E-state index contributed by atoms with van der Waals surface area (Å²) < 4.78 is 0. The highest BCUT2D eigenvalue weighted by atomic mass is 16.2. The average Bonchev–Trinajstić information content (AvgIpc) is 2.65. The highest BCUT2D eigenvalue weighted by molar-refractivity contribution is 5.90. The molecule has 0 saturated carbocycles. The van der Waals surface area contributed by atoms with Gasteiger partial charge in [0, 0.05) is 32.9 Å². The fourth-order valence-corrected chi connectivity index (χ4v) is 2.15. The summed E-state index contributed by atoms with van der Waals surface area (Å²) in [7, 11) is 1.47. The van der Waals surface area contributed by atoms with Crippen LogP contribution >= 0.6 is 0 Å². The van der Waals surface area contributed by atoms with Crippen LogP contribution in [-0.2, 0) is 25.6 Å². The normalized spacial score (nSPS) is 11.2. The summed E-state index contributed by atoms with van der Waals surface area (Å²) in [5, 5.41) is 10.2. The number of carbonyl (C=O) groups excluding carboxylic acids is 4. The Balaban J connectivity index is 2.64. The van der Waals surface area contributed by atoms with Crippen molar-refractivity contribution in [1.29, 1.82) is 0 Å². The number of hydrogen-bond acceptors (Lipinski definition) is 4. The van der Waals surface area contributed by atoms with Crippen molar-refractivity contribution in [3.63, 3.8) is 0 Å². The van der Waals surface area contributed by atoms with E-state index in [0.29, 0.717) is 12.8 Å². The maximum Gasteiger partial charge on any atom is 0.243 e. The first kappa shape index (κ1) is 21.1. The van der Waals surface area contributed by atoms with Gasteiger partial charge in [-0.05, 0) is 5.56 Å². The zero-order valence-corrected chi connectivity index (χ0v) is 15.1. The summed E-state index contributed by atoms with van der Waals surface area (Å²) >= 11 is 0. The first-order valence-electron chi connectivity index (χ1n) is 8.54. The lowest BCUT2D eigenvalue weighted by atomic mass is 10.0. The molecule has 142 valence electrons. The molecule has 0 bridgehead atoms. The summed E-state index contributed by atoms with van der Waals surface area (Å²) in [4.78, 5) is 46.9. The molecule has 0 spiro atoms. The maximum atomic E-state index is 12.4. The Morgan fingerprint density at radius 3 is 2.27 bits per heavy atom. The van der Waals surface area contributed by atoms with Gasteiger partial charge in [-0.3, -0.25) is 19.2 Å². The van der Waals surface area contributed by atoms with Crippen LogP contribution < -0.4 is 21.3 Å². The summed E-state index contributed by atoms with van der Waals surface area (Å²) in [6, 6.07) is 8.45. The van der Waals surface area contributed by atoms with Crippen molar-refractivity contribution in [1.82, 2.24) is 21.3 Å².